The van der Waals surface area contributed by atoms with Gasteiger partial charge in [0.15, 0.2) is 5.96 Å². The van der Waals surface area contributed by atoms with Crippen LogP contribution in [0.2, 0.25) is 5.02 Å². The first-order valence-corrected chi connectivity index (χ1v) is 3.84. The second kappa shape index (κ2) is 3.45. The molecule has 12 heavy (non-hydrogen) atoms. The van der Waals surface area contributed by atoms with E-state index < -0.39 is 0 Å². The number of aryl methyl sites for hydroxylation is 1. The highest BCUT2D eigenvalue weighted by Gasteiger charge is 2.00. The lowest BCUT2D eigenvalue weighted by Crippen LogP contribution is -2.22. The number of benzene rings is 1. The van der Waals surface area contributed by atoms with Crippen molar-refractivity contribution >= 4 is 23.2 Å². The third kappa shape index (κ3) is 1.89. The Balaban J connectivity index is 3.22. The van der Waals surface area contributed by atoms with Crippen LogP contribution in [0.3, 0.4) is 0 Å². The third-order valence-corrected chi connectivity index (χ3v) is 1.73. The van der Waals surface area contributed by atoms with Gasteiger partial charge in [-0.05, 0) is 18.6 Å². The standard InChI is InChI=1S/C8H10ClN3/c1-5-3-2-4-6(9)7(5)12-8(10)11/h2-4H,1H3,(H4,10,11,12). The smallest absolute Gasteiger partial charge is 0.191 e. The van der Waals surface area contributed by atoms with Crippen LogP contribution in [0.1, 0.15) is 5.56 Å². The lowest BCUT2D eigenvalue weighted by Gasteiger charge is -2.01. The molecular formula is C8H10ClN3. The number of hydrogen-bond donors (Lipinski definition) is 2. The first-order chi connectivity index (χ1) is 5.61. The van der Waals surface area contributed by atoms with Gasteiger partial charge in [-0.3, -0.25) is 0 Å². The number of halogens is 1. The van der Waals surface area contributed by atoms with Crippen molar-refractivity contribution in [3.05, 3.63) is 28.8 Å². The van der Waals surface area contributed by atoms with Crippen LogP contribution in [0.25, 0.3) is 0 Å². The van der Waals surface area contributed by atoms with Gasteiger partial charge in [0.1, 0.15) is 0 Å². The summed E-state index contributed by atoms with van der Waals surface area (Å²) in [5, 5.41) is 0.559. The number of guanidine groups is 1. The zero-order valence-electron chi connectivity index (χ0n) is 6.71. The summed E-state index contributed by atoms with van der Waals surface area (Å²) in [5.41, 5.74) is 12.1. The summed E-state index contributed by atoms with van der Waals surface area (Å²) in [5.74, 6) is 0.0196. The van der Waals surface area contributed by atoms with E-state index >= 15 is 0 Å². The molecule has 1 aromatic rings. The molecule has 0 spiro atoms. The second-order valence-electron chi connectivity index (χ2n) is 2.44. The lowest BCUT2D eigenvalue weighted by atomic mass is 10.2. The number of aliphatic imine (C=N–C) groups is 1. The zero-order chi connectivity index (χ0) is 9.14. The molecule has 0 saturated heterocycles. The highest BCUT2D eigenvalue weighted by atomic mass is 35.5. The number of rotatable bonds is 1. The Morgan fingerprint density at radius 3 is 2.58 bits per heavy atom. The number of nitrogens with two attached hydrogens (primary N) is 2. The Morgan fingerprint density at radius 2 is 2.08 bits per heavy atom. The molecule has 0 aliphatic carbocycles. The quantitative estimate of drug-likeness (QED) is 0.513. The van der Waals surface area contributed by atoms with Crippen LogP contribution in [0.15, 0.2) is 23.2 Å². The van der Waals surface area contributed by atoms with Crippen LogP contribution in [0.4, 0.5) is 5.69 Å². The van der Waals surface area contributed by atoms with Crippen LogP contribution < -0.4 is 11.5 Å². The molecule has 0 unspecified atom stereocenters. The molecule has 0 aromatic heterocycles. The number of para-hydroxylation sites is 1. The Labute approximate surface area is 76.0 Å². The summed E-state index contributed by atoms with van der Waals surface area (Å²) < 4.78 is 0. The summed E-state index contributed by atoms with van der Waals surface area (Å²) in [6.07, 6.45) is 0. The average molecular weight is 184 g/mol. The van der Waals surface area contributed by atoms with E-state index in [4.69, 9.17) is 23.1 Å². The van der Waals surface area contributed by atoms with Crippen molar-refractivity contribution in [1.29, 1.82) is 0 Å². The summed E-state index contributed by atoms with van der Waals surface area (Å²) in [7, 11) is 0. The molecule has 1 aromatic carbocycles. The summed E-state index contributed by atoms with van der Waals surface area (Å²) in [6.45, 7) is 1.90. The monoisotopic (exact) mass is 183 g/mol. The van der Waals surface area contributed by atoms with Crippen molar-refractivity contribution in [1.82, 2.24) is 0 Å². The van der Waals surface area contributed by atoms with Gasteiger partial charge in [-0.15, -0.1) is 0 Å². The van der Waals surface area contributed by atoms with Crippen LogP contribution in [0, 0.1) is 6.92 Å². The van der Waals surface area contributed by atoms with E-state index in [2.05, 4.69) is 4.99 Å². The Kier molecular flexibility index (Phi) is 2.55. The minimum atomic E-state index is 0.0196. The molecule has 0 atom stereocenters. The van der Waals surface area contributed by atoms with Gasteiger partial charge in [0.25, 0.3) is 0 Å². The van der Waals surface area contributed by atoms with Gasteiger partial charge in [-0.2, -0.15) is 0 Å². The average Bonchev–Trinajstić information content (AvgIpc) is 1.97. The molecular weight excluding hydrogens is 174 g/mol. The van der Waals surface area contributed by atoms with Gasteiger partial charge in [0.2, 0.25) is 0 Å². The first kappa shape index (κ1) is 8.87. The van der Waals surface area contributed by atoms with Crippen molar-refractivity contribution in [2.75, 3.05) is 0 Å². The summed E-state index contributed by atoms with van der Waals surface area (Å²) in [6, 6.07) is 5.49. The fraction of sp³-hybridized carbons (Fsp3) is 0.125. The molecule has 1 rings (SSSR count). The maximum atomic E-state index is 5.86. The lowest BCUT2D eigenvalue weighted by molar-refractivity contribution is 1.36. The van der Waals surface area contributed by atoms with Gasteiger partial charge in [-0.1, -0.05) is 23.7 Å². The molecule has 64 valence electrons. The molecule has 0 aliphatic heterocycles. The maximum Gasteiger partial charge on any atom is 0.191 e. The Bertz CT molecular complexity index is 296. The van der Waals surface area contributed by atoms with E-state index in [0.717, 1.165) is 5.56 Å². The van der Waals surface area contributed by atoms with Gasteiger partial charge in [-0.25, -0.2) is 4.99 Å². The van der Waals surface area contributed by atoms with Gasteiger partial charge < -0.3 is 11.5 Å². The van der Waals surface area contributed by atoms with Crippen LogP contribution in [0.5, 0.6) is 0 Å². The van der Waals surface area contributed by atoms with Gasteiger partial charge in [0.05, 0.1) is 10.7 Å². The predicted octanol–water partition coefficient (Wildman–Crippen LogP) is 1.55. The molecule has 4 N–H and O–H groups in total. The first-order valence-electron chi connectivity index (χ1n) is 3.46. The fourth-order valence-corrected chi connectivity index (χ4v) is 1.16. The Hall–Kier alpha value is -1.22. The van der Waals surface area contributed by atoms with E-state index in [0.29, 0.717) is 10.7 Å². The highest BCUT2D eigenvalue weighted by molar-refractivity contribution is 6.33. The van der Waals surface area contributed by atoms with Crippen molar-refractivity contribution in [2.45, 2.75) is 6.92 Å². The van der Waals surface area contributed by atoms with E-state index in [9.17, 15) is 0 Å². The fourth-order valence-electron chi connectivity index (χ4n) is 0.894. The predicted molar refractivity (Wildman–Crippen MR) is 51.7 cm³/mol. The van der Waals surface area contributed by atoms with Crippen molar-refractivity contribution in [3.63, 3.8) is 0 Å². The topological polar surface area (TPSA) is 64.4 Å². The minimum Gasteiger partial charge on any atom is -0.370 e. The summed E-state index contributed by atoms with van der Waals surface area (Å²) in [4.78, 5) is 3.90. The number of hydrogen-bond acceptors (Lipinski definition) is 1. The molecule has 0 saturated carbocycles. The second-order valence-corrected chi connectivity index (χ2v) is 2.85. The molecule has 0 bridgehead atoms. The van der Waals surface area contributed by atoms with E-state index in [1.54, 1.807) is 6.07 Å². The van der Waals surface area contributed by atoms with Crippen molar-refractivity contribution in [3.8, 4) is 0 Å². The van der Waals surface area contributed by atoms with Crippen molar-refractivity contribution in [2.24, 2.45) is 16.5 Å². The van der Waals surface area contributed by atoms with Crippen LogP contribution >= 0.6 is 11.6 Å². The SMILES string of the molecule is Cc1cccc(Cl)c1N=C(N)N. The van der Waals surface area contributed by atoms with E-state index in [1.165, 1.54) is 0 Å². The van der Waals surface area contributed by atoms with Crippen LogP contribution in [-0.2, 0) is 0 Å². The largest absolute Gasteiger partial charge is 0.370 e. The normalized spacial score (nSPS) is 9.50. The molecule has 0 heterocycles. The molecule has 4 heteroatoms. The molecule has 0 aliphatic rings. The molecule has 0 amide bonds. The van der Waals surface area contributed by atoms with Crippen molar-refractivity contribution < 1.29 is 0 Å². The maximum absolute atomic E-state index is 5.86. The zero-order valence-corrected chi connectivity index (χ0v) is 7.47. The third-order valence-electron chi connectivity index (χ3n) is 1.43. The minimum absolute atomic E-state index is 0.0196. The summed E-state index contributed by atoms with van der Waals surface area (Å²) >= 11 is 5.86. The molecule has 3 nitrogen and oxygen atoms in total. The van der Waals surface area contributed by atoms with E-state index in [-0.39, 0.29) is 5.96 Å². The van der Waals surface area contributed by atoms with E-state index in [1.807, 2.05) is 19.1 Å². The number of nitrogens with zero attached hydrogens (tertiary/aromatic N) is 1. The molecule has 0 fully saturated rings. The van der Waals surface area contributed by atoms with Gasteiger partial charge >= 0.3 is 0 Å². The highest BCUT2D eigenvalue weighted by Crippen LogP contribution is 2.27. The van der Waals surface area contributed by atoms with Crippen LogP contribution in [-0.4, -0.2) is 5.96 Å². The van der Waals surface area contributed by atoms with Gasteiger partial charge in [0, 0.05) is 0 Å². The molecule has 0 radical (unpaired) electrons. The Morgan fingerprint density at radius 1 is 1.42 bits per heavy atom.